The molecule has 0 spiro atoms. The maximum Gasteiger partial charge on any atom is 0.343 e. The molecule has 3 rings (SSSR count). The molecule has 0 fully saturated rings. The van der Waals surface area contributed by atoms with Crippen molar-refractivity contribution in [1.29, 1.82) is 0 Å². The maximum atomic E-state index is 12.4. The van der Waals surface area contributed by atoms with Crippen LogP contribution in [0, 0.1) is 17.0 Å². The molecule has 3 aromatic rings. The van der Waals surface area contributed by atoms with Crippen LogP contribution in [-0.4, -0.2) is 36.2 Å². The number of nitrogens with zero attached hydrogens (tertiary/aromatic N) is 2. The monoisotopic (exact) mass is 477 g/mol. The number of carbonyl (C=O) groups is 2. The molecule has 3 aromatic carbocycles. The average molecular weight is 477 g/mol. The van der Waals surface area contributed by atoms with Crippen LogP contribution in [0.1, 0.15) is 28.4 Å². The molecule has 0 aliphatic carbocycles. The molecule has 0 saturated carbocycles. The van der Waals surface area contributed by atoms with Crippen LogP contribution in [0.2, 0.25) is 0 Å². The molecule has 0 saturated heterocycles. The fourth-order valence-electron chi connectivity index (χ4n) is 2.90. The molecule has 1 N–H and O–H groups in total. The number of hydrazone groups is 1. The topological polar surface area (TPSA) is 129 Å². The van der Waals surface area contributed by atoms with Crippen molar-refractivity contribution in [1.82, 2.24) is 5.43 Å². The van der Waals surface area contributed by atoms with Gasteiger partial charge in [-0.05, 0) is 67.4 Å². The van der Waals surface area contributed by atoms with Crippen LogP contribution in [0.15, 0.2) is 71.8 Å². The van der Waals surface area contributed by atoms with E-state index in [2.05, 4.69) is 10.5 Å². The van der Waals surface area contributed by atoms with Gasteiger partial charge in [0.05, 0.1) is 23.3 Å². The van der Waals surface area contributed by atoms with Crippen molar-refractivity contribution in [2.45, 2.75) is 13.8 Å². The van der Waals surface area contributed by atoms with Gasteiger partial charge >= 0.3 is 5.97 Å². The van der Waals surface area contributed by atoms with Gasteiger partial charge in [0.1, 0.15) is 5.75 Å². The third kappa shape index (κ3) is 7.39. The lowest BCUT2D eigenvalue weighted by atomic mass is 10.2. The van der Waals surface area contributed by atoms with Gasteiger partial charge in [0.2, 0.25) is 0 Å². The summed E-state index contributed by atoms with van der Waals surface area (Å²) >= 11 is 0. The van der Waals surface area contributed by atoms with E-state index in [0.717, 1.165) is 5.56 Å². The van der Waals surface area contributed by atoms with E-state index in [1.165, 1.54) is 36.5 Å². The van der Waals surface area contributed by atoms with E-state index in [1.54, 1.807) is 25.1 Å². The van der Waals surface area contributed by atoms with Crippen molar-refractivity contribution >= 4 is 23.8 Å². The number of ether oxygens (including phenoxy) is 3. The largest absolute Gasteiger partial charge is 0.490 e. The Bertz CT molecular complexity index is 1240. The van der Waals surface area contributed by atoms with Crippen molar-refractivity contribution < 1.29 is 28.7 Å². The van der Waals surface area contributed by atoms with Crippen LogP contribution >= 0.6 is 0 Å². The molecule has 35 heavy (non-hydrogen) atoms. The molecular weight excluding hydrogens is 454 g/mol. The Balaban J connectivity index is 1.60. The van der Waals surface area contributed by atoms with Gasteiger partial charge < -0.3 is 14.2 Å². The second-order valence-electron chi connectivity index (χ2n) is 7.23. The molecule has 0 unspecified atom stereocenters. The van der Waals surface area contributed by atoms with Gasteiger partial charge in [-0.25, -0.2) is 10.2 Å². The summed E-state index contributed by atoms with van der Waals surface area (Å²) in [6, 6.07) is 17.2. The molecule has 10 nitrogen and oxygen atoms in total. The number of benzene rings is 3. The Kier molecular flexibility index (Phi) is 8.49. The average Bonchev–Trinajstić information content (AvgIpc) is 2.84. The first-order valence-electron chi connectivity index (χ1n) is 10.6. The first-order chi connectivity index (χ1) is 16.9. The Morgan fingerprint density at radius 1 is 1.03 bits per heavy atom. The number of carbonyl (C=O) groups excluding carboxylic acids is 2. The molecule has 0 aromatic heterocycles. The molecule has 10 heteroatoms. The minimum Gasteiger partial charge on any atom is -0.490 e. The van der Waals surface area contributed by atoms with Crippen LogP contribution in [0.3, 0.4) is 0 Å². The molecule has 0 heterocycles. The van der Waals surface area contributed by atoms with Crippen molar-refractivity contribution in [3.63, 3.8) is 0 Å². The van der Waals surface area contributed by atoms with E-state index in [-0.39, 0.29) is 23.6 Å². The third-order valence-electron chi connectivity index (χ3n) is 4.55. The van der Waals surface area contributed by atoms with E-state index in [0.29, 0.717) is 23.7 Å². The highest BCUT2D eigenvalue weighted by atomic mass is 16.6. The van der Waals surface area contributed by atoms with Crippen LogP contribution < -0.4 is 19.6 Å². The summed E-state index contributed by atoms with van der Waals surface area (Å²) < 4.78 is 16.4. The summed E-state index contributed by atoms with van der Waals surface area (Å²) in [6.45, 7) is 3.82. The van der Waals surface area contributed by atoms with Gasteiger partial charge in [-0.1, -0.05) is 12.1 Å². The highest BCUT2D eigenvalue weighted by molar-refractivity contribution is 5.92. The van der Waals surface area contributed by atoms with Gasteiger partial charge in [0.25, 0.3) is 11.6 Å². The Labute approximate surface area is 201 Å². The summed E-state index contributed by atoms with van der Waals surface area (Å²) in [4.78, 5) is 34.6. The van der Waals surface area contributed by atoms with Gasteiger partial charge in [-0.3, -0.25) is 14.9 Å². The number of aryl methyl sites for hydroxylation is 1. The van der Waals surface area contributed by atoms with Crippen LogP contribution in [-0.2, 0) is 4.79 Å². The van der Waals surface area contributed by atoms with Gasteiger partial charge in [0.15, 0.2) is 18.1 Å². The highest BCUT2D eigenvalue weighted by Gasteiger charge is 2.15. The van der Waals surface area contributed by atoms with Crippen LogP contribution in [0.25, 0.3) is 0 Å². The zero-order chi connectivity index (χ0) is 25.2. The van der Waals surface area contributed by atoms with Crippen molar-refractivity contribution in [3.8, 4) is 17.2 Å². The molecular formula is C25H23N3O7. The quantitative estimate of drug-likeness (QED) is 0.153. The SMILES string of the molecule is CCOc1cc(C=NNC(=O)COc2cccc(C)c2)ccc1OC(=O)c1ccc([N+](=O)[O-])cc1. The summed E-state index contributed by atoms with van der Waals surface area (Å²) in [5.41, 5.74) is 4.01. The minimum absolute atomic E-state index is 0.131. The first kappa shape index (κ1) is 24.9. The summed E-state index contributed by atoms with van der Waals surface area (Å²) in [5.74, 6) is -0.0716. The van der Waals surface area contributed by atoms with Gasteiger partial charge in [-0.2, -0.15) is 5.10 Å². The number of hydrogen-bond donors (Lipinski definition) is 1. The summed E-state index contributed by atoms with van der Waals surface area (Å²) in [5, 5.41) is 14.7. The number of amides is 1. The highest BCUT2D eigenvalue weighted by Crippen LogP contribution is 2.29. The van der Waals surface area contributed by atoms with E-state index < -0.39 is 16.8 Å². The van der Waals surface area contributed by atoms with E-state index in [4.69, 9.17) is 14.2 Å². The number of esters is 1. The molecule has 1 amide bonds. The molecule has 0 radical (unpaired) electrons. The van der Waals surface area contributed by atoms with E-state index in [1.807, 2.05) is 25.1 Å². The van der Waals surface area contributed by atoms with Crippen molar-refractivity contribution in [3.05, 3.63) is 93.5 Å². The fourth-order valence-corrected chi connectivity index (χ4v) is 2.90. The van der Waals surface area contributed by atoms with Gasteiger partial charge in [-0.15, -0.1) is 0 Å². The summed E-state index contributed by atoms with van der Waals surface area (Å²) in [7, 11) is 0. The number of nitrogens with one attached hydrogen (secondary N) is 1. The Morgan fingerprint density at radius 3 is 2.49 bits per heavy atom. The smallest absolute Gasteiger partial charge is 0.343 e. The second-order valence-corrected chi connectivity index (χ2v) is 7.23. The third-order valence-corrected chi connectivity index (χ3v) is 4.55. The lowest BCUT2D eigenvalue weighted by Crippen LogP contribution is -2.24. The normalized spacial score (nSPS) is 10.6. The summed E-state index contributed by atoms with van der Waals surface area (Å²) in [6.07, 6.45) is 1.41. The molecule has 180 valence electrons. The second kappa shape index (κ2) is 11.9. The number of non-ortho nitro benzene ring substituents is 1. The molecule has 0 atom stereocenters. The first-order valence-corrected chi connectivity index (χ1v) is 10.6. The molecule has 0 aliphatic heterocycles. The van der Waals surface area contributed by atoms with Crippen LogP contribution in [0.5, 0.6) is 17.2 Å². The lowest BCUT2D eigenvalue weighted by molar-refractivity contribution is -0.384. The molecule has 0 bridgehead atoms. The maximum absolute atomic E-state index is 12.4. The Hall–Kier alpha value is -4.73. The van der Waals surface area contributed by atoms with E-state index >= 15 is 0 Å². The predicted molar refractivity (Wildman–Crippen MR) is 128 cm³/mol. The van der Waals surface area contributed by atoms with Crippen molar-refractivity contribution in [2.75, 3.05) is 13.2 Å². The predicted octanol–water partition coefficient (Wildman–Crippen LogP) is 4.05. The van der Waals surface area contributed by atoms with Crippen LogP contribution in [0.4, 0.5) is 5.69 Å². The number of nitro groups is 1. The number of rotatable bonds is 10. The number of hydrogen-bond acceptors (Lipinski definition) is 8. The van der Waals surface area contributed by atoms with E-state index in [9.17, 15) is 19.7 Å². The zero-order valence-electron chi connectivity index (χ0n) is 19.1. The molecule has 0 aliphatic rings. The minimum atomic E-state index is -0.692. The van der Waals surface area contributed by atoms with Crippen molar-refractivity contribution in [2.24, 2.45) is 5.10 Å². The van der Waals surface area contributed by atoms with Gasteiger partial charge in [0, 0.05) is 12.1 Å². The standard InChI is InChI=1S/C25H23N3O7/c1-3-33-23-14-18(15-26-27-24(29)16-34-21-6-4-5-17(2)13-21)7-12-22(23)35-25(30)19-8-10-20(11-9-19)28(31)32/h4-15H,3,16H2,1-2H3,(H,27,29). The number of nitro benzene ring substituents is 1. The lowest BCUT2D eigenvalue weighted by Gasteiger charge is -2.11. The Morgan fingerprint density at radius 2 is 1.80 bits per heavy atom. The zero-order valence-corrected chi connectivity index (χ0v) is 19.1. The fraction of sp³-hybridized carbons (Fsp3) is 0.160.